The van der Waals surface area contributed by atoms with Crippen molar-refractivity contribution in [3.05, 3.63) is 53.9 Å². The Labute approximate surface area is 141 Å². The lowest BCUT2D eigenvalue weighted by atomic mass is 10.1. The molecule has 1 heterocycles. The Hall–Kier alpha value is -2.06. The lowest BCUT2D eigenvalue weighted by Gasteiger charge is -2.19. The van der Waals surface area contributed by atoms with Crippen molar-refractivity contribution in [2.75, 3.05) is 7.11 Å². The van der Waals surface area contributed by atoms with Gasteiger partial charge >= 0.3 is 0 Å². The van der Waals surface area contributed by atoms with Gasteiger partial charge in [0, 0.05) is 12.5 Å². The molecule has 0 aliphatic rings. The number of halogens is 1. The molecule has 2 atom stereocenters. The highest BCUT2D eigenvalue weighted by atomic mass is 32.2. The number of ether oxygens (including phenoxy) is 1. The van der Waals surface area contributed by atoms with Gasteiger partial charge in [0.15, 0.2) is 5.82 Å². The van der Waals surface area contributed by atoms with Crippen molar-refractivity contribution in [1.29, 1.82) is 0 Å². The Bertz CT molecular complexity index is 764. The molecule has 2 aromatic rings. The van der Waals surface area contributed by atoms with Gasteiger partial charge in [0.25, 0.3) is 0 Å². The van der Waals surface area contributed by atoms with Gasteiger partial charge in [-0.15, -0.1) is 0 Å². The van der Waals surface area contributed by atoms with Crippen LogP contribution in [0.15, 0.2) is 36.7 Å². The average molecular weight is 353 g/mol. The van der Waals surface area contributed by atoms with Gasteiger partial charge in [-0.25, -0.2) is 27.5 Å². The van der Waals surface area contributed by atoms with E-state index in [1.165, 1.54) is 0 Å². The molecule has 6 nitrogen and oxygen atoms in total. The summed E-state index contributed by atoms with van der Waals surface area (Å²) in [7, 11) is -2.02. The quantitative estimate of drug-likeness (QED) is 0.825. The number of methoxy groups -OCH3 is 1. The summed E-state index contributed by atoms with van der Waals surface area (Å²) in [5.41, 5.74) is 0.817. The predicted molar refractivity (Wildman–Crippen MR) is 88.6 cm³/mol. The molecule has 0 aliphatic heterocycles. The van der Waals surface area contributed by atoms with Crippen molar-refractivity contribution in [2.24, 2.45) is 0 Å². The van der Waals surface area contributed by atoms with Gasteiger partial charge in [-0.05, 0) is 24.6 Å². The van der Waals surface area contributed by atoms with Crippen LogP contribution < -0.4 is 9.46 Å². The van der Waals surface area contributed by atoms with Crippen molar-refractivity contribution in [2.45, 2.75) is 31.6 Å². The summed E-state index contributed by atoms with van der Waals surface area (Å²) < 4.78 is 45.4. The molecule has 1 N–H and O–H groups in total. The fourth-order valence-corrected chi connectivity index (χ4v) is 3.38. The van der Waals surface area contributed by atoms with Gasteiger partial charge in [0.1, 0.15) is 11.6 Å². The highest BCUT2D eigenvalue weighted by Crippen LogP contribution is 2.21. The molecule has 2 unspecified atom stereocenters. The predicted octanol–water partition coefficient (Wildman–Crippen LogP) is 2.24. The van der Waals surface area contributed by atoms with Gasteiger partial charge in [0.05, 0.1) is 24.8 Å². The highest BCUT2D eigenvalue weighted by Gasteiger charge is 2.29. The molecule has 24 heavy (non-hydrogen) atoms. The monoisotopic (exact) mass is 353 g/mol. The number of benzene rings is 1. The summed E-state index contributed by atoms with van der Waals surface area (Å²) in [6.45, 7) is 3.45. The van der Waals surface area contributed by atoms with Gasteiger partial charge < -0.3 is 4.74 Å². The van der Waals surface area contributed by atoms with E-state index in [0.29, 0.717) is 11.6 Å². The first-order valence-corrected chi connectivity index (χ1v) is 8.97. The molecular weight excluding hydrogens is 333 g/mol. The molecular formula is C16H20FN3O3S. The summed E-state index contributed by atoms with van der Waals surface area (Å²) in [6, 6.07) is 7.11. The average Bonchev–Trinajstić information content (AvgIpc) is 2.60. The first kappa shape index (κ1) is 18.3. The van der Waals surface area contributed by atoms with Crippen LogP contribution in [0, 0.1) is 5.82 Å². The van der Waals surface area contributed by atoms with Crippen LogP contribution in [0.1, 0.15) is 31.2 Å². The molecule has 0 bridgehead atoms. The van der Waals surface area contributed by atoms with E-state index < -0.39 is 27.0 Å². The van der Waals surface area contributed by atoms with E-state index in [-0.39, 0.29) is 6.54 Å². The van der Waals surface area contributed by atoms with E-state index in [9.17, 15) is 12.8 Å². The Morgan fingerprint density at radius 3 is 2.29 bits per heavy atom. The summed E-state index contributed by atoms with van der Waals surface area (Å²) >= 11 is 0. The van der Waals surface area contributed by atoms with Crippen LogP contribution in [0.4, 0.5) is 4.39 Å². The molecule has 0 amide bonds. The third kappa shape index (κ3) is 4.48. The number of aromatic nitrogens is 2. The highest BCUT2D eigenvalue weighted by molar-refractivity contribution is 7.90. The van der Waals surface area contributed by atoms with Crippen LogP contribution in [-0.4, -0.2) is 30.7 Å². The smallest absolute Gasteiger partial charge is 0.215 e. The molecule has 0 spiro atoms. The number of nitrogens with one attached hydrogen (secondary N) is 1. The van der Waals surface area contributed by atoms with E-state index in [1.54, 1.807) is 45.2 Å². The summed E-state index contributed by atoms with van der Waals surface area (Å²) in [5.74, 6) is -0.0335. The Morgan fingerprint density at radius 2 is 1.75 bits per heavy atom. The Balaban J connectivity index is 2.03. The van der Waals surface area contributed by atoms with Crippen molar-refractivity contribution in [3.8, 4) is 5.75 Å². The second kappa shape index (κ2) is 7.67. The fourth-order valence-electron chi connectivity index (χ4n) is 2.09. The minimum atomic E-state index is -3.59. The normalized spacial score (nSPS) is 14.2. The number of hydrogen-bond donors (Lipinski definition) is 1. The zero-order valence-corrected chi connectivity index (χ0v) is 14.5. The number of rotatable bonds is 7. The molecule has 0 radical (unpaired) electrons. The number of sulfonamides is 1. The van der Waals surface area contributed by atoms with Crippen molar-refractivity contribution >= 4 is 10.0 Å². The van der Waals surface area contributed by atoms with Crippen LogP contribution in [-0.2, 0) is 16.6 Å². The zero-order chi connectivity index (χ0) is 17.7. The van der Waals surface area contributed by atoms with Crippen LogP contribution in [0.3, 0.4) is 0 Å². The van der Waals surface area contributed by atoms with Crippen LogP contribution in [0.2, 0.25) is 0 Å². The standard InChI is InChI=1S/C16H20FN3O3S/c1-11(16-18-9-14(17)10-19-16)12(2)24(21,22)20-8-13-4-6-15(23-3)7-5-13/h4-7,9-12,20H,8H2,1-3H3. The maximum Gasteiger partial charge on any atom is 0.215 e. The zero-order valence-electron chi connectivity index (χ0n) is 13.7. The first-order valence-electron chi connectivity index (χ1n) is 7.42. The Kier molecular flexibility index (Phi) is 5.84. The summed E-state index contributed by atoms with van der Waals surface area (Å²) in [4.78, 5) is 7.72. The van der Waals surface area contributed by atoms with Crippen LogP contribution >= 0.6 is 0 Å². The third-order valence-electron chi connectivity index (χ3n) is 3.88. The van der Waals surface area contributed by atoms with Crippen molar-refractivity contribution < 1.29 is 17.5 Å². The minimum absolute atomic E-state index is 0.174. The molecule has 130 valence electrons. The summed E-state index contributed by atoms with van der Waals surface area (Å²) in [5, 5.41) is -0.763. The van der Waals surface area contributed by atoms with Crippen molar-refractivity contribution in [1.82, 2.24) is 14.7 Å². The second-order valence-corrected chi connectivity index (χ2v) is 7.59. The number of hydrogen-bond acceptors (Lipinski definition) is 5. The van der Waals surface area contributed by atoms with Gasteiger partial charge in [-0.3, -0.25) is 0 Å². The number of nitrogens with zero attached hydrogens (tertiary/aromatic N) is 2. The van der Waals surface area contributed by atoms with E-state index in [2.05, 4.69) is 14.7 Å². The Morgan fingerprint density at radius 1 is 1.17 bits per heavy atom. The van der Waals surface area contributed by atoms with E-state index >= 15 is 0 Å². The minimum Gasteiger partial charge on any atom is -0.497 e. The first-order chi connectivity index (χ1) is 11.3. The van der Waals surface area contributed by atoms with E-state index in [4.69, 9.17) is 4.74 Å². The maximum absolute atomic E-state index is 12.9. The van der Waals surface area contributed by atoms with Crippen LogP contribution in [0.5, 0.6) is 5.75 Å². The van der Waals surface area contributed by atoms with Crippen LogP contribution in [0.25, 0.3) is 0 Å². The maximum atomic E-state index is 12.9. The topological polar surface area (TPSA) is 81.2 Å². The molecule has 0 saturated carbocycles. The lowest BCUT2D eigenvalue weighted by molar-refractivity contribution is 0.414. The molecule has 1 aromatic heterocycles. The largest absolute Gasteiger partial charge is 0.497 e. The fraction of sp³-hybridized carbons (Fsp3) is 0.375. The van der Waals surface area contributed by atoms with E-state index in [0.717, 1.165) is 18.0 Å². The van der Waals surface area contributed by atoms with Gasteiger partial charge in [-0.1, -0.05) is 19.1 Å². The summed E-state index contributed by atoms with van der Waals surface area (Å²) in [6.07, 6.45) is 2.06. The SMILES string of the molecule is COc1ccc(CNS(=O)(=O)C(C)C(C)c2ncc(F)cn2)cc1. The van der Waals surface area contributed by atoms with E-state index in [1.807, 2.05) is 0 Å². The third-order valence-corrected chi connectivity index (χ3v) is 5.81. The molecule has 0 saturated heterocycles. The second-order valence-electron chi connectivity index (χ2n) is 5.47. The van der Waals surface area contributed by atoms with Gasteiger partial charge in [-0.2, -0.15) is 0 Å². The molecule has 1 aromatic carbocycles. The molecule has 0 aliphatic carbocycles. The molecule has 2 rings (SSSR count). The van der Waals surface area contributed by atoms with Gasteiger partial charge in [0.2, 0.25) is 10.0 Å². The molecule has 0 fully saturated rings. The van der Waals surface area contributed by atoms with Crippen molar-refractivity contribution in [3.63, 3.8) is 0 Å². The lowest BCUT2D eigenvalue weighted by Crippen LogP contribution is -2.35. The molecule has 8 heteroatoms.